The van der Waals surface area contributed by atoms with E-state index in [4.69, 9.17) is 20.9 Å². The van der Waals surface area contributed by atoms with Gasteiger partial charge in [0.25, 0.3) is 0 Å². The zero-order chi connectivity index (χ0) is 11.0. The highest BCUT2D eigenvalue weighted by Crippen LogP contribution is 2.07. The molecule has 14 heavy (non-hydrogen) atoms. The normalized spacial score (nSPS) is 17.8. The quantitative estimate of drug-likeness (QED) is 0.575. The van der Waals surface area contributed by atoms with Crippen LogP contribution in [0.25, 0.3) is 0 Å². The molecule has 0 spiro atoms. The fraction of sp³-hybridized carbons (Fsp3) is 1.00. The van der Waals surface area contributed by atoms with Crippen LogP contribution < -0.4 is 11.5 Å². The molecule has 4 nitrogen and oxygen atoms in total. The first kappa shape index (κ1) is 13.8. The number of hydrogen-bond acceptors (Lipinski definition) is 4. The average molecular weight is 204 g/mol. The van der Waals surface area contributed by atoms with Crippen LogP contribution in [0, 0.1) is 0 Å². The third-order valence-electron chi connectivity index (χ3n) is 1.99. The second-order valence-corrected chi connectivity index (χ2v) is 3.62. The summed E-state index contributed by atoms with van der Waals surface area (Å²) in [4.78, 5) is 0. The summed E-state index contributed by atoms with van der Waals surface area (Å²) < 4.78 is 11.1. The molecule has 0 amide bonds. The Balaban J connectivity index is 3.57. The summed E-state index contributed by atoms with van der Waals surface area (Å²) in [5.41, 5.74) is 10.8. The smallest absolute Gasteiger partial charge is 0.155 e. The third kappa shape index (κ3) is 7.26. The van der Waals surface area contributed by atoms with Crippen LogP contribution in [0.2, 0.25) is 0 Å². The molecule has 0 aliphatic heterocycles. The molecule has 0 aromatic carbocycles. The van der Waals surface area contributed by atoms with E-state index < -0.39 is 0 Å². The Labute approximate surface area is 86.9 Å². The van der Waals surface area contributed by atoms with E-state index in [2.05, 4.69) is 0 Å². The van der Waals surface area contributed by atoms with Crippen molar-refractivity contribution in [3.8, 4) is 0 Å². The van der Waals surface area contributed by atoms with Gasteiger partial charge in [0.15, 0.2) is 6.29 Å². The lowest BCUT2D eigenvalue weighted by Crippen LogP contribution is -2.26. The fourth-order valence-electron chi connectivity index (χ4n) is 1.29. The molecule has 2 atom stereocenters. The maximum Gasteiger partial charge on any atom is 0.155 e. The zero-order valence-corrected chi connectivity index (χ0v) is 9.53. The largest absolute Gasteiger partial charge is 0.350 e. The molecular weight excluding hydrogens is 180 g/mol. The molecule has 0 aromatic heterocycles. The summed E-state index contributed by atoms with van der Waals surface area (Å²) in [6.07, 6.45) is 1.84. The molecule has 86 valence electrons. The van der Waals surface area contributed by atoms with Crippen LogP contribution in [0.4, 0.5) is 0 Å². The molecule has 0 aromatic rings. The van der Waals surface area contributed by atoms with Crippen LogP contribution in [0.1, 0.15) is 33.6 Å². The average Bonchev–Trinajstić information content (AvgIpc) is 2.03. The highest BCUT2D eigenvalue weighted by atomic mass is 16.7. The van der Waals surface area contributed by atoms with Gasteiger partial charge in [-0.1, -0.05) is 0 Å². The van der Waals surface area contributed by atoms with E-state index in [1.807, 2.05) is 20.8 Å². The maximum atomic E-state index is 5.56. The van der Waals surface area contributed by atoms with Gasteiger partial charge in [0.05, 0.1) is 12.2 Å². The molecule has 4 N–H and O–H groups in total. The summed E-state index contributed by atoms with van der Waals surface area (Å²) in [5, 5.41) is 0. The van der Waals surface area contributed by atoms with E-state index in [0.717, 1.165) is 12.8 Å². The van der Waals surface area contributed by atoms with Gasteiger partial charge < -0.3 is 20.9 Å². The molecule has 0 fully saturated rings. The Hall–Kier alpha value is -0.160. The molecule has 0 aliphatic carbocycles. The lowest BCUT2D eigenvalue weighted by Gasteiger charge is -2.22. The molecule has 0 bridgehead atoms. The molecule has 0 saturated heterocycles. The second-order valence-electron chi connectivity index (χ2n) is 3.62. The minimum absolute atomic E-state index is 0.153. The van der Waals surface area contributed by atoms with Gasteiger partial charge >= 0.3 is 0 Å². The van der Waals surface area contributed by atoms with Crippen LogP contribution in [0.5, 0.6) is 0 Å². The first-order chi connectivity index (χ1) is 6.60. The van der Waals surface area contributed by atoms with Gasteiger partial charge in [0.1, 0.15) is 0 Å². The van der Waals surface area contributed by atoms with Crippen LogP contribution in [-0.2, 0) is 9.47 Å². The van der Waals surface area contributed by atoms with Crippen LogP contribution in [0.3, 0.4) is 0 Å². The lowest BCUT2D eigenvalue weighted by molar-refractivity contribution is -0.178. The summed E-state index contributed by atoms with van der Waals surface area (Å²) in [7, 11) is 0. The molecule has 0 heterocycles. The molecule has 2 unspecified atom stereocenters. The van der Waals surface area contributed by atoms with Crippen molar-refractivity contribution in [3.05, 3.63) is 0 Å². The van der Waals surface area contributed by atoms with Crippen molar-refractivity contribution in [2.75, 3.05) is 13.1 Å². The van der Waals surface area contributed by atoms with E-state index in [0.29, 0.717) is 13.1 Å². The van der Waals surface area contributed by atoms with Crippen molar-refractivity contribution in [1.29, 1.82) is 0 Å². The Kier molecular flexibility index (Phi) is 8.08. The van der Waals surface area contributed by atoms with Gasteiger partial charge in [-0.05, 0) is 46.7 Å². The van der Waals surface area contributed by atoms with E-state index >= 15 is 0 Å². The summed E-state index contributed by atoms with van der Waals surface area (Å²) >= 11 is 0. The number of nitrogens with two attached hydrogens (primary N) is 2. The van der Waals surface area contributed by atoms with Gasteiger partial charge in [0.2, 0.25) is 0 Å². The molecule has 0 saturated carbocycles. The molecule has 0 radical (unpaired) electrons. The number of hydrogen-bond donors (Lipinski definition) is 2. The van der Waals surface area contributed by atoms with Gasteiger partial charge in [0, 0.05) is 0 Å². The number of rotatable bonds is 8. The highest BCUT2D eigenvalue weighted by Gasteiger charge is 2.11. The van der Waals surface area contributed by atoms with Gasteiger partial charge in [-0.25, -0.2) is 0 Å². The predicted molar refractivity (Wildman–Crippen MR) is 57.9 cm³/mol. The Morgan fingerprint density at radius 1 is 0.857 bits per heavy atom. The highest BCUT2D eigenvalue weighted by molar-refractivity contribution is 4.54. The van der Waals surface area contributed by atoms with Crippen molar-refractivity contribution in [3.63, 3.8) is 0 Å². The van der Waals surface area contributed by atoms with Crippen molar-refractivity contribution >= 4 is 0 Å². The Morgan fingerprint density at radius 3 is 1.50 bits per heavy atom. The van der Waals surface area contributed by atoms with Crippen LogP contribution >= 0.6 is 0 Å². The van der Waals surface area contributed by atoms with E-state index in [1.54, 1.807) is 0 Å². The fourth-order valence-corrected chi connectivity index (χ4v) is 1.29. The SMILES string of the molecule is CC(CCN)OC(C)OC(C)CCN. The second kappa shape index (κ2) is 8.17. The van der Waals surface area contributed by atoms with E-state index in [-0.39, 0.29) is 18.5 Å². The lowest BCUT2D eigenvalue weighted by atomic mass is 10.3. The molecule has 0 aliphatic rings. The maximum absolute atomic E-state index is 5.56. The monoisotopic (exact) mass is 204 g/mol. The minimum Gasteiger partial charge on any atom is -0.350 e. The Morgan fingerprint density at radius 2 is 1.21 bits per heavy atom. The summed E-state index contributed by atoms with van der Waals surface area (Å²) in [6.45, 7) is 7.19. The standard InChI is InChI=1S/C10H24N2O2/c1-8(4-6-11)13-10(3)14-9(2)5-7-12/h8-10H,4-7,11-12H2,1-3H3. The zero-order valence-electron chi connectivity index (χ0n) is 9.53. The van der Waals surface area contributed by atoms with Crippen molar-refractivity contribution < 1.29 is 9.47 Å². The van der Waals surface area contributed by atoms with Crippen molar-refractivity contribution in [1.82, 2.24) is 0 Å². The van der Waals surface area contributed by atoms with Gasteiger partial charge in [-0.2, -0.15) is 0 Å². The molecule has 0 rings (SSSR count). The third-order valence-corrected chi connectivity index (χ3v) is 1.99. The number of ether oxygens (including phenoxy) is 2. The van der Waals surface area contributed by atoms with Crippen LogP contribution in [-0.4, -0.2) is 31.6 Å². The van der Waals surface area contributed by atoms with E-state index in [9.17, 15) is 0 Å². The first-order valence-corrected chi connectivity index (χ1v) is 5.31. The summed E-state index contributed by atoms with van der Waals surface area (Å²) in [6, 6.07) is 0. The molecular formula is C10H24N2O2. The predicted octanol–water partition coefficient (Wildman–Crippen LogP) is 0.840. The minimum atomic E-state index is -0.182. The first-order valence-electron chi connectivity index (χ1n) is 5.31. The topological polar surface area (TPSA) is 70.5 Å². The van der Waals surface area contributed by atoms with Crippen molar-refractivity contribution in [2.24, 2.45) is 11.5 Å². The summed E-state index contributed by atoms with van der Waals surface area (Å²) in [5.74, 6) is 0. The van der Waals surface area contributed by atoms with E-state index in [1.165, 1.54) is 0 Å². The van der Waals surface area contributed by atoms with Crippen LogP contribution in [0.15, 0.2) is 0 Å². The van der Waals surface area contributed by atoms with Gasteiger partial charge in [-0.3, -0.25) is 0 Å². The molecule has 4 heteroatoms. The Bertz CT molecular complexity index is 119. The van der Waals surface area contributed by atoms with Gasteiger partial charge in [-0.15, -0.1) is 0 Å². The van der Waals surface area contributed by atoms with Crippen molar-refractivity contribution in [2.45, 2.75) is 52.1 Å².